The minimum atomic E-state index is -0.719. The van der Waals surface area contributed by atoms with Gasteiger partial charge in [-0.1, -0.05) is 35.4 Å². The van der Waals surface area contributed by atoms with Crippen molar-refractivity contribution in [3.8, 4) is 5.75 Å². The van der Waals surface area contributed by atoms with Crippen molar-refractivity contribution in [3.63, 3.8) is 0 Å². The van der Waals surface area contributed by atoms with Crippen molar-refractivity contribution in [3.05, 3.63) is 95.3 Å². The van der Waals surface area contributed by atoms with Crippen LogP contribution < -0.4 is 4.74 Å². The van der Waals surface area contributed by atoms with Crippen molar-refractivity contribution in [2.45, 2.75) is 13.0 Å². The summed E-state index contributed by atoms with van der Waals surface area (Å²) in [7, 11) is 0. The predicted octanol–water partition coefficient (Wildman–Crippen LogP) is 2.96. The molecule has 144 valence electrons. The van der Waals surface area contributed by atoms with Crippen molar-refractivity contribution < 1.29 is 24.0 Å². The number of hydrogen-bond donors (Lipinski definition) is 0. The highest BCUT2D eigenvalue weighted by molar-refractivity contribution is 6.20. The van der Waals surface area contributed by atoms with Crippen LogP contribution in [0.25, 0.3) is 0 Å². The van der Waals surface area contributed by atoms with Crippen LogP contribution in [0.2, 0.25) is 0 Å². The Hall–Kier alpha value is -4.00. The van der Waals surface area contributed by atoms with E-state index in [1.54, 1.807) is 48.8 Å². The van der Waals surface area contributed by atoms with E-state index in [0.717, 1.165) is 5.56 Å². The number of imide groups is 1. The molecule has 0 unspecified atom stereocenters. The molecule has 2 aromatic carbocycles. The monoisotopic (exact) mass is 388 g/mol. The number of fused-ring (bicyclic) bond motifs is 1. The molecule has 0 aliphatic carbocycles. The van der Waals surface area contributed by atoms with Crippen molar-refractivity contribution in [1.29, 1.82) is 0 Å². The second-order valence-electron chi connectivity index (χ2n) is 6.39. The van der Waals surface area contributed by atoms with E-state index in [9.17, 15) is 14.4 Å². The number of benzene rings is 2. The molecule has 2 heterocycles. The maximum atomic E-state index is 12.3. The van der Waals surface area contributed by atoms with E-state index in [1.807, 2.05) is 12.1 Å². The van der Waals surface area contributed by atoms with Gasteiger partial charge in [-0.15, -0.1) is 0 Å². The van der Waals surface area contributed by atoms with Crippen LogP contribution in [0, 0.1) is 0 Å². The molecule has 1 aliphatic heterocycles. The maximum absolute atomic E-state index is 12.3. The summed E-state index contributed by atoms with van der Waals surface area (Å²) in [5.41, 5.74) is 1.99. The van der Waals surface area contributed by atoms with Gasteiger partial charge < -0.3 is 9.57 Å². The summed E-state index contributed by atoms with van der Waals surface area (Å²) >= 11 is 0. The minimum absolute atomic E-state index is 0.114. The predicted molar refractivity (Wildman–Crippen MR) is 102 cm³/mol. The third-order valence-corrected chi connectivity index (χ3v) is 4.33. The standard InChI is InChI=1S/C22H16N2O5/c25-20(29-24-21(26)18-8-1-2-9-19(18)22(24)27)12-15-5-3-7-17(11-15)28-14-16-6-4-10-23-13-16/h1-11,13H,12,14H2. The quantitative estimate of drug-likeness (QED) is 0.604. The molecule has 0 saturated carbocycles. The first-order valence-corrected chi connectivity index (χ1v) is 8.91. The zero-order chi connectivity index (χ0) is 20.2. The van der Waals surface area contributed by atoms with Gasteiger partial charge in [0.25, 0.3) is 11.8 Å². The molecule has 0 saturated heterocycles. The van der Waals surface area contributed by atoms with Crippen LogP contribution in [0.3, 0.4) is 0 Å². The van der Waals surface area contributed by atoms with E-state index in [1.165, 1.54) is 12.1 Å². The van der Waals surface area contributed by atoms with E-state index in [-0.39, 0.29) is 17.5 Å². The number of aromatic nitrogens is 1. The van der Waals surface area contributed by atoms with Crippen molar-refractivity contribution in [1.82, 2.24) is 10.0 Å². The van der Waals surface area contributed by atoms with Crippen molar-refractivity contribution >= 4 is 17.8 Å². The number of hydrogen-bond acceptors (Lipinski definition) is 6. The van der Waals surface area contributed by atoms with Gasteiger partial charge in [0, 0.05) is 18.0 Å². The zero-order valence-electron chi connectivity index (χ0n) is 15.3. The van der Waals surface area contributed by atoms with Gasteiger partial charge in [0.1, 0.15) is 12.4 Å². The van der Waals surface area contributed by atoms with Gasteiger partial charge in [-0.3, -0.25) is 14.6 Å². The lowest BCUT2D eigenvalue weighted by Crippen LogP contribution is -2.33. The van der Waals surface area contributed by atoms with Crippen LogP contribution in [0.1, 0.15) is 31.8 Å². The number of amides is 2. The molecule has 1 aromatic heterocycles. The van der Waals surface area contributed by atoms with Gasteiger partial charge in [-0.25, -0.2) is 4.79 Å². The van der Waals surface area contributed by atoms with E-state index >= 15 is 0 Å². The molecule has 4 rings (SSSR count). The lowest BCUT2D eigenvalue weighted by atomic mass is 10.1. The fourth-order valence-electron chi connectivity index (χ4n) is 2.95. The Balaban J connectivity index is 1.38. The highest BCUT2D eigenvalue weighted by Crippen LogP contribution is 2.23. The van der Waals surface area contributed by atoms with E-state index in [2.05, 4.69) is 4.98 Å². The van der Waals surface area contributed by atoms with Crippen LogP contribution in [-0.4, -0.2) is 27.8 Å². The third kappa shape index (κ3) is 3.98. The van der Waals surface area contributed by atoms with Crippen LogP contribution in [0.4, 0.5) is 0 Å². The van der Waals surface area contributed by atoms with Gasteiger partial charge >= 0.3 is 5.97 Å². The summed E-state index contributed by atoms with van der Waals surface area (Å²) in [6.45, 7) is 0.344. The molecule has 29 heavy (non-hydrogen) atoms. The van der Waals surface area contributed by atoms with E-state index in [4.69, 9.17) is 9.57 Å². The van der Waals surface area contributed by atoms with Crippen molar-refractivity contribution in [2.24, 2.45) is 0 Å². The fourth-order valence-corrected chi connectivity index (χ4v) is 2.95. The van der Waals surface area contributed by atoms with E-state index in [0.29, 0.717) is 23.0 Å². The molecule has 0 N–H and O–H groups in total. The summed E-state index contributed by atoms with van der Waals surface area (Å²) < 4.78 is 5.71. The van der Waals surface area contributed by atoms with E-state index < -0.39 is 17.8 Å². The van der Waals surface area contributed by atoms with Gasteiger partial charge in [-0.05, 0) is 35.9 Å². The lowest BCUT2D eigenvalue weighted by Gasteiger charge is -2.13. The lowest BCUT2D eigenvalue weighted by molar-refractivity contribution is -0.167. The first kappa shape index (κ1) is 18.4. The summed E-state index contributed by atoms with van der Waals surface area (Å²) in [5.74, 6) is -1.43. The maximum Gasteiger partial charge on any atom is 0.337 e. The zero-order valence-corrected chi connectivity index (χ0v) is 15.3. The average Bonchev–Trinajstić information content (AvgIpc) is 2.98. The molecule has 1 aliphatic rings. The number of hydroxylamine groups is 2. The van der Waals surface area contributed by atoms with Crippen LogP contribution in [0.5, 0.6) is 5.75 Å². The van der Waals surface area contributed by atoms with Crippen LogP contribution in [-0.2, 0) is 22.7 Å². The molecule has 3 aromatic rings. The van der Waals surface area contributed by atoms with Gasteiger partial charge in [-0.2, -0.15) is 0 Å². The second-order valence-corrected chi connectivity index (χ2v) is 6.39. The van der Waals surface area contributed by atoms with Crippen LogP contribution >= 0.6 is 0 Å². The third-order valence-electron chi connectivity index (χ3n) is 4.33. The number of pyridine rings is 1. The van der Waals surface area contributed by atoms with Gasteiger partial charge in [0.15, 0.2) is 0 Å². The summed E-state index contributed by atoms with van der Waals surface area (Å²) in [4.78, 5) is 45.9. The summed E-state index contributed by atoms with van der Waals surface area (Å²) in [5, 5.41) is 0.510. The molecule has 2 amide bonds. The summed E-state index contributed by atoms with van der Waals surface area (Å²) in [6.07, 6.45) is 3.28. The number of rotatable bonds is 6. The SMILES string of the molecule is O=C(Cc1cccc(OCc2cccnc2)c1)ON1C(=O)c2ccccc2C1=O. The Bertz CT molecular complexity index is 1050. The number of carbonyl (C=O) groups is 3. The largest absolute Gasteiger partial charge is 0.489 e. The molecular weight excluding hydrogens is 372 g/mol. The van der Waals surface area contributed by atoms with Crippen LogP contribution in [0.15, 0.2) is 73.1 Å². The highest BCUT2D eigenvalue weighted by Gasteiger charge is 2.38. The van der Waals surface area contributed by atoms with Crippen molar-refractivity contribution in [2.75, 3.05) is 0 Å². The molecule has 7 nitrogen and oxygen atoms in total. The summed E-state index contributed by atoms with van der Waals surface area (Å²) in [6, 6.07) is 17.0. The first-order valence-electron chi connectivity index (χ1n) is 8.91. The second kappa shape index (κ2) is 7.93. The first-order chi connectivity index (χ1) is 14.1. The Morgan fingerprint density at radius 3 is 2.31 bits per heavy atom. The fraction of sp³-hybridized carbons (Fsp3) is 0.0909. The van der Waals surface area contributed by atoms with Gasteiger partial charge in [0.2, 0.25) is 0 Å². The molecule has 0 fully saturated rings. The minimum Gasteiger partial charge on any atom is -0.489 e. The smallest absolute Gasteiger partial charge is 0.337 e. The molecular formula is C22H16N2O5. The normalized spacial score (nSPS) is 12.6. The number of carbonyl (C=O) groups excluding carboxylic acids is 3. The Morgan fingerprint density at radius 2 is 1.62 bits per heavy atom. The Labute approximate surface area is 166 Å². The number of ether oxygens (including phenoxy) is 1. The highest BCUT2D eigenvalue weighted by atomic mass is 16.7. The molecule has 0 spiro atoms. The molecule has 0 radical (unpaired) electrons. The topological polar surface area (TPSA) is 85.8 Å². The molecule has 7 heteroatoms. The molecule has 0 atom stereocenters. The Morgan fingerprint density at radius 1 is 0.897 bits per heavy atom. The average molecular weight is 388 g/mol. The molecule has 0 bridgehead atoms. The van der Waals surface area contributed by atoms with Gasteiger partial charge in [0.05, 0.1) is 17.5 Å². The Kier molecular flexibility index (Phi) is 5.03. The number of nitrogens with zero attached hydrogens (tertiary/aromatic N) is 2.